The minimum absolute atomic E-state index is 0.0671. The van der Waals surface area contributed by atoms with Gasteiger partial charge in [-0.2, -0.15) is 0 Å². The van der Waals surface area contributed by atoms with Crippen molar-refractivity contribution in [1.82, 2.24) is 0 Å². The Morgan fingerprint density at radius 1 is 0.897 bits per heavy atom. The summed E-state index contributed by atoms with van der Waals surface area (Å²) in [6, 6.07) is 7.69. The van der Waals surface area contributed by atoms with Crippen LogP contribution in [0.5, 0.6) is 0 Å². The number of hydrogen-bond acceptors (Lipinski definition) is 5. The molecule has 0 aliphatic heterocycles. The smallest absolute Gasteiger partial charge is 0.319 e. The number of carbonyl (C=O) groups excluding carboxylic acids is 3. The zero-order valence-electron chi connectivity index (χ0n) is 15.2. The molecule has 0 bridgehead atoms. The van der Waals surface area contributed by atoms with Crippen molar-refractivity contribution in [3.63, 3.8) is 0 Å². The monoisotopic (exact) mass is 426 g/mol. The Morgan fingerprint density at radius 2 is 1.48 bits per heavy atom. The third-order valence-corrected chi connectivity index (χ3v) is 4.54. The van der Waals surface area contributed by atoms with E-state index >= 15 is 0 Å². The zero-order chi connectivity index (χ0) is 21.4. The average molecular weight is 426 g/mol. The lowest BCUT2D eigenvalue weighted by Gasteiger charge is -2.12. The van der Waals surface area contributed by atoms with E-state index in [1.54, 1.807) is 0 Å². The highest BCUT2D eigenvalue weighted by atomic mass is 32.2. The van der Waals surface area contributed by atoms with Crippen molar-refractivity contribution < 1.29 is 32.3 Å². The number of anilines is 2. The zero-order valence-corrected chi connectivity index (χ0v) is 16.0. The van der Waals surface area contributed by atoms with Crippen LogP contribution < -0.4 is 10.6 Å². The summed E-state index contributed by atoms with van der Waals surface area (Å²) >= 11 is 0.983. The quantitative estimate of drug-likeness (QED) is 0.633. The number of nitrogens with one attached hydrogen (secondary N) is 2. The van der Waals surface area contributed by atoms with E-state index < -0.39 is 47.1 Å². The van der Waals surface area contributed by atoms with Gasteiger partial charge < -0.3 is 15.4 Å². The molecule has 29 heavy (non-hydrogen) atoms. The van der Waals surface area contributed by atoms with Crippen LogP contribution in [0, 0.1) is 17.5 Å². The second-order valence-electron chi connectivity index (χ2n) is 5.82. The van der Waals surface area contributed by atoms with Gasteiger partial charge in [0.15, 0.2) is 6.61 Å². The number of ether oxygens (including phenoxy) is 1. The highest BCUT2D eigenvalue weighted by Gasteiger charge is 2.18. The lowest BCUT2D eigenvalue weighted by atomic mass is 10.3. The normalized spacial score (nSPS) is 11.4. The third-order valence-electron chi connectivity index (χ3n) is 3.42. The number of thioether (sulfide) groups is 1. The molecule has 0 aliphatic rings. The fraction of sp³-hybridized carbons (Fsp3) is 0.211. The summed E-state index contributed by atoms with van der Waals surface area (Å²) < 4.78 is 43.8. The van der Waals surface area contributed by atoms with E-state index in [1.807, 2.05) is 0 Å². The van der Waals surface area contributed by atoms with Gasteiger partial charge in [0.2, 0.25) is 5.91 Å². The van der Waals surface area contributed by atoms with Crippen molar-refractivity contribution in [1.29, 1.82) is 0 Å². The van der Waals surface area contributed by atoms with E-state index in [1.165, 1.54) is 31.2 Å². The number of benzene rings is 2. The van der Waals surface area contributed by atoms with Gasteiger partial charge >= 0.3 is 5.97 Å². The number of carbonyl (C=O) groups is 3. The molecule has 2 amide bonds. The molecular weight excluding hydrogens is 409 g/mol. The largest absolute Gasteiger partial charge is 0.455 e. The maximum atomic E-state index is 13.1. The van der Waals surface area contributed by atoms with Gasteiger partial charge in [0.25, 0.3) is 5.91 Å². The van der Waals surface area contributed by atoms with E-state index in [2.05, 4.69) is 10.6 Å². The van der Waals surface area contributed by atoms with Crippen molar-refractivity contribution in [3.05, 3.63) is 59.9 Å². The molecule has 2 N–H and O–H groups in total. The molecule has 0 fully saturated rings. The molecule has 0 aromatic heterocycles. The minimum atomic E-state index is -0.860. The first-order valence-corrected chi connectivity index (χ1v) is 9.37. The van der Waals surface area contributed by atoms with Crippen molar-refractivity contribution >= 4 is 40.9 Å². The van der Waals surface area contributed by atoms with Crippen LogP contribution in [0.3, 0.4) is 0 Å². The fourth-order valence-corrected chi connectivity index (χ4v) is 2.75. The minimum Gasteiger partial charge on any atom is -0.455 e. The lowest BCUT2D eigenvalue weighted by Crippen LogP contribution is -2.26. The number of esters is 1. The summed E-state index contributed by atoms with van der Waals surface area (Å²) in [7, 11) is 0. The standard InChI is InChI=1S/C19H17F3N2O4S/c1-11(29-10-18(26)23-15-4-2-12(20)3-5-15)19(27)28-9-17(25)24-16-7-13(21)6-14(22)8-16/h2-8,11H,9-10H2,1H3,(H,23,26)(H,24,25). The van der Waals surface area contributed by atoms with Crippen LogP contribution in [0.25, 0.3) is 0 Å². The topological polar surface area (TPSA) is 84.5 Å². The molecule has 0 aliphatic carbocycles. The first-order valence-electron chi connectivity index (χ1n) is 8.32. The molecule has 2 aromatic rings. The average Bonchev–Trinajstić information content (AvgIpc) is 2.65. The van der Waals surface area contributed by atoms with E-state index in [4.69, 9.17) is 4.74 Å². The van der Waals surface area contributed by atoms with E-state index in [0.29, 0.717) is 11.8 Å². The Morgan fingerprint density at radius 3 is 2.10 bits per heavy atom. The van der Waals surface area contributed by atoms with Crippen molar-refractivity contribution in [2.75, 3.05) is 23.0 Å². The van der Waals surface area contributed by atoms with Gasteiger partial charge in [-0.05, 0) is 43.3 Å². The van der Waals surface area contributed by atoms with Gasteiger partial charge in [0, 0.05) is 17.4 Å². The fourth-order valence-electron chi connectivity index (χ4n) is 2.08. The number of halogens is 3. The molecule has 0 heterocycles. The number of rotatable bonds is 8. The molecule has 0 spiro atoms. The molecule has 0 saturated carbocycles. The molecule has 2 rings (SSSR count). The summed E-state index contributed by atoms with van der Waals surface area (Å²) in [6.45, 7) is 0.849. The first kappa shape index (κ1) is 22.3. The van der Waals surface area contributed by atoms with Crippen LogP contribution in [0.4, 0.5) is 24.5 Å². The van der Waals surface area contributed by atoms with Gasteiger partial charge in [-0.25, -0.2) is 13.2 Å². The molecule has 154 valence electrons. The Balaban J connectivity index is 1.71. The second-order valence-corrected chi connectivity index (χ2v) is 7.15. The van der Waals surface area contributed by atoms with Crippen LogP contribution in [-0.4, -0.2) is 35.4 Å². The van der Waals surface area contributed by atoms with Gasteiger partial charge in [0.1, 0.15) is 22.7 Å². The molecule has 10 heteroatoms. The summed E-state index contributed by atoms with van der Waals surface area (Å²) in [5, 5.41) is 4.01. The Kier molecular flexibility index (Phi) is 8.08. The SMILES string of the molecule is CC(SCC(=O)Nc1ccc(F)cc1)C(=O)OCC(=O)Nc1cc(F)cc(F)c1. The summed E-state index contributed by atoms with van der Waals surface area (Å²) in [5.41, 5.74) is 0.307. The van der Waals surface area contributed by atoms with Crippen LogP contribution in [0.1, 0.15) is 6.92 Å². The molecular formula is C19H17F3N2O4S. The Hall–Kier alpha value is -3.01. The van der Waals surface area contributed by atoms with Gasteiger partial charge in [-0.3, -0.25) is 14.4 Å². The Bertz CT molecular complexity index is 873. The van der Waals surface area contributed by atoms with Crippen LogP contribution >= 0.6 is 11.8 Å². The van der Waals surface area contributed by atoms with E-state index in [9.17, 15) is 27.6 Å². The van der Waals surface area contributed by atoms with Crippen molar-refractivity contribution in [3.8, 4) is 0 Å². The predicted molar refractivity (Wildman–Crippen MR) is 103 cm³/mol. The van der Waals surface area contributed by atoms with E-state index in [-0.39, 0.29) is 11.4 Å². The highest BCUT2D eigenvalue weighted by Crippen LogP contribution is 2.15. The second kappa shape index (κ2) is 10.5. The lowest BCUT2D eigenvalue weighted by molar-refractivity contribution is -0.146. The third kappa shape index (κ3) is 7.86. The maximum Gasteiger partial charge on any atom is 0.319 e. The number of hydrogen-bond donors (Lipinski definition) is 2. The van der Waals surface area contributed by atoms with E-state index in [0.717, 1.165) is 23.9 Å². The highest BCUT2D eigenvalue weighted by molar-refractivity contribution is 8.01. The van der Waals surface area contributed by atoms with Crippen LogP contribution in [0.2, 0.25) is 0 Å². The Labute approximate surface area is 168 Å². The summed E-state index contributed by atoms with van der Waals surface area (Å²) in [5.74, 6) is -4.11. The van der Waals surface area contributed by atoms with Gasteiger partial charge in [0.05, 0.1) is 5.75 Å². The molecule has 0 saturated heterocycles. The first-order chi connectivity index (χ1) is 13.7. The molecule has 2 aromatic carbocycles. The molecule has 6 nitrogen and oxygen atoms in total. The summed E-state index contributed by atoms with van der Waals surface area (Å²) in [4.78, 5) is 35.5. The maximum absolute atomic E-state index is 13.1. The molecule has 1 atom stereocenters. The summed E-state index contributed by atoms with van der Waals surface area (Å²) in [6.07, 6.45) is 0. The number of amides is 2. The van der Waals surface area contributed by atoms with Crippen molar-refractivity contribution in [2.45, 2.75) is 12.2 Å². The van der Waals surface area contributed by atoms with Gasteiger partial charge in [-0.15, -0.1) is 11.8 Å². The van der Waals surface area contributed by atoms with Crippen LogP contribution in [0.15, 0.2) is 42.5 Å². The van der Waals surface area contributed by atoms with Crippen molar-refractivity contribution in [2.24, 2.45) is 0 Å². The predicted octanol–water partition coefficient (Wildman–Crippen LogP) is 3.35. The van der Waals surface area contributed by atoms with Crippen LogP contribution in [-0.2, 0) is 19.1 Å². The molecule has 1 unspecified atom stereocenters. The van der Waals surface area contributed by atoms with Gasteiger partial charge in [-0.1, -0.05) is 0 Å². The molecule has 0 radical (unpaired) electrons.